The molecule has 5 nitrogen and oxygen atoms in total. The molecule has 4 rings (SSSR count). The molecule has 1 N–H and O–H groups in total. The second-order valence-electron chi connectivity index (χ2n) is 7.13. The van der Waals surface area contributed by atoms with Gasteiger partial charge >= 0.3 is 0 Å². The van der Waals surface area contributed by atoms with Gasteiger partial charge in [0.25, 0.3) is 5.56 Å². The SMILES string of the molecule is C[C@@H]1CCc2c(sc3nc(CSCC(=O)N4CCCC4)[nH]c(=O)c23)C1. The molecule has 2 aromatic rings. The summed E-state index contributed by atoms with van der Waals surface area (Å²) in [4.78, 5) is 36.4. The quantitative estimate of drug-likeness (QED) is 0.890. The lowest BCUT2D eigenvalue weighted by Crippen LogP contribution is -2.29. The summed E-state index contributed by atoms with van der Waals surface area (Å²) < 4.78 is 0. The van der Waals surface area contributed by atoms with Crippen LogP contribution in [0.25, 0.3) is 10.2 Å². The van der Waals surface area contributed by atoms with Gasteiger partial charge in [-0.3, -0.25) is 9.59 Å². The summed E-state index contributed by atoms with van der Waals surface area (Å²) in [7, 11) is 0. The van der Waals surface area contributed by atoms with Gasteiger partial charge in [-0.15, -0.1) is 23.1 Å². The Morgan fingerprint density at radius 1 is 1.40 bits per heavy atom. The molecule has 1 fully saturated rings. The van der Waals surface area contributed by atoms with E-state index >= 15 is 0 Å². The number of hydrogen-bond acceptors (Lipinski definition) is 5. The molecule has 25 heavy (non-hydrogen) atoms. The molecular weight excluding hydrogens is 354 g/mol. The van der Waals surface area contributed by atoms with Crippen LogP contribution in [0, 0.1) is 5.92 Å². The van der Waals surface area contributed by atoms with Gasteiger partial charge in [0.05, 0.1) is 16.9 Å². The Morgan fingerprint density at radius 2 is 2.20 bits per heavy atom. The first kappa shape index (κ1) is 17.1. The van der Waals surface area contributed by atoms with Crippen LogP contribution in [0.5, 0.6) is 0 Å². The number of H-pyrrole nitrogens is 1. The number of carbonyl (C=O) groups excluding carboxylic acids is 1. The molecule has 2 aliphatic rings. The summed E-state index contributed by atoms with van der Waals surface area (Å²) in [5.41, 5.74) is 1.20. The molecule has 7 heteroatoms. The van der Waals surface area contributed by atoms with Crippen LogP contribution in [0.4, 0.5) is 0 Å². The van der Waals surface area contributed by atoms with E-state index < -0.39 is 0 Å². The van der Waals surface area contributed by atoms with Crippen LogP contribution < -0.4 is 5.56 Å². The fourth-order valence-corrected chi connectivity index (χ4v) is 5.95. The van der Waals surface area contributed by atoms with Crippen LogP contribution >= 0.6 is 23.1 Å². The smallest absolute Gasteiger partial charge is 0.259 e. The molecule has 0 radical (unpaired) electrons. The number of carbonyl (C=O) groups is 1. The zero-order valence-corrected chi connectivity index (χ0v) is 16.1. The van der Waals surface area contributed by atoms with Gasteiger partial charge in [0, 0.05) is 18.0 Å². The average molecular weight is 378 g/mol. The highest BCUT2D eigenvalue weighted by atomic mass is 32.2. The maximum Gasteiger partial charge on any atom is 0.259 e. The zero-order valence-electron chi connectivity index (χ0n) is 14.5. The number of aromatic nitrogens is 2. The van der Waals surface area contributed by atoms with Gasteiger partial charge in [0.15, 0.2) is 0 Å². The molecule has 1 saturated heterocycles. The Hall–Kier alpha value is -1.34. The third-order valence-corrected chi connectivity index (χ3v) is 7.21. The lowest BCUT2D eigenvalue weighted by atomic mass is 9.89. The van der Waals surface area contributed by atoms with E-state index in [1.54, 1.807) is 11.3 Å². The third-order valence-electron chi connectivity index (χ3n) is 5.14. The predicted octanol–water partition coefficient (Wildman–Crippen LogP) is 2.97. The summed E-state index contributed by atoms with van der Waals surface area (Å²) in [5.74, 6) is 2.60. The van der Waals surface area contributed by atoms with E-state index in [9.17, 15) is 9.59 Å². The molecule has 0 aromatic carbocycles. The van der Waals surface area contributed by atoms with Gasteiger partial charge in [-0.2, -0.15) is 0 Å². The van der Waals surface area contributed by atoms with Crippen LogP contribution in [0.15, 0.2) is 4.79 Å². The first-order valence-electron chi connectivity index (χ1n) is 9.01. The highest BCUT2D eigenvalue weighted by molar-refractivity contribution is 7.99. The van der Waals surface area contributed by atoms with Crippen molar-refractivity contribution in [2.75, 3.05) is 18.8 Å². The Labute approximate surface area is 155 Å². The Morgan fingerprint density at radius 3 is 3.00 bits per heavy atom. The summed E-state index contributed by atoms with van der Waals surface area (Å²) in [6.45, 7) is 4.05. The predicted molar refractivity (Wildman–Crippen MR) is 103 cm³/mol. The van der Waals surface area contributed by atoms with E-state index in [-0.39, 0.29) is 11.5 Å². The number of aromatic amines is 1. The molecule has 0 unspecified atom stereocenters. The van der Waals surface area contributed by atoms with Crippen LogP contribution in [0.3, 0.4) is 0 Å². The Kier molecular flexibility index (Phi) is 4.86. The molecule has 0 spiro atoms. The largest absolute Gasteiger partial charge is 0.342 e. The van der Waals surface area contributed by atoms with Crippen molar-refractivity contribution >= 4 is 39.2 Å². The van der Waals surface area contributed by atoms with Gasteiger partial charge < -0.3 is 9.88 Å². The monoisotopic (exact) mass is 377 g/mol. The second kappa shape index (κ2) is 7.11. The number of nitrogens with zero attached hydrogens (tertiary/aromatic N) is 2. The molecule has 1 aliphatic carbocycles. The van der Waals surface area contributed by atoms with Crippen LogP contribution in [0.2, 0.25) is 0 Å². The van der Waals surface area contributed by atoms with E-state index in [1.165, 1.54) is 22.2 Å². The highest BCUT2D eigenvalue weighted by Gasteiger charge is 2.23. The number of rotatable bonds is 4. The zero-order chi connectivity index (χ0) is 17.4. The maximum atomic E-state index is 12.5. The van der Waals surface area contributed by atoms with E-state index in [4.69, 9.17) is 0 Å². The van der Waals surface area contributed by atoms with Crippen molar-refractivity contribution in [1.29, 1.82) is 0 Å². The van der Waals surface area contributed by atoms with E-state index in [1.807, 2.05) is 4.90 Å². The highest BCUT2D eigenvalue weighted by Crippen LogP contribution is 2.35. The number of likely N-dealkylation sites (tertiary alicyclic amines) is 1. The van der Waals surface area contributed by atoms with E-state index in [0.29, 0.717) is 23.2 Å². The third kappa shape index (κ3) is 3.49. The minimum Gasteiger partial charge on any atom is -0.342 e. The summed E-state index contributed by atoms with van der Waals surface area (Å²) >= 11 is 3.21. The standard InChI is InChI=1S/C18H23N3O2S2/c1-11-4-5-12-13(8-11)25-18-16(12)17(23)19-14(20-18)9-24-10-15(22)21-6-2-3-7-21/h11H,2-10H2,1H3,(H,19,20,23)/t11-/m1/s1. The van der Waals surface area contributed by atoms with Crippen molar-refractivity contribution in [3.05, 3.63) is 26.6 Å². The van der Waals surface area contributed by atoms with Crippen LogP contribution in [0.1, 0.15) is 42.5 Å². The lowest BCUT2D eigenvalue weighted by Gasteiger charge is -2.17. The average Bonchev–Trinajstić information content (AvgIpc) is 3.21. The first-order valence-corrected chi connectivity index (χ1v) is 11.0. The van der Waals surface area contributed by atoms with Gasteiger partial charge in [-0.05, 0) is 43.6 Å². The van der Waals surface area contributed by atoms with Crippen molar-refractivity contribution in [2.24, 2.45) is 5.92 Å². The molecule has 0 saturated carbocycles. The molecule has 1 amide bonds. The molecular formula is C18H23N3O2S2. The minimum absolute atomic E-state index is 0.0153. The molecule has 134 valence electrons. The molecule has 3 heterocycles. The van der Waals surface area contributed by atoms with Crippen molar-refractivity contribution in [2.45, 2.75) is 44.8 Å². The van der Waals surface area contributed by atoms with Gasteiger partial charge in [-0.25, -0.2) is 4.98 Å². The van der Waals surface area contributed by atoms with Crippen molar-refractivity contribution in [3.8, 4) is 0 Å². The summed E-state index contributed by atoms with van der Waals surface area (Å²) in [6, 6.07) is 0. The maximum absolute atomic E-state index is 12.5. The number of amides is 1. The van der Waals surface area contributed by atoms with Crippen LogP contribution in [-0.4, -0.2) is 39.6 Å². The molecule has 2 aromatic heterocycles. The Bertz CT molecular complexity index is 852. The van der Waals surface area contributed by atoms with E-state index in [2.05, 4.69) is 16.9 Å². The number of thiophene rings is 1. The van der Waals surface area contributed by atoms with Crippen molar-refractivity contribution in [3.63, 3.8) is 0 Å². The molecule has 0 bridgehead atoms. The van der Waals surface area contributed by atoms with E-state index in [0.717, 1.165) is 55.4 Å². The van der Waals surface area contributed by atoms with Gasteiger partial charge in [0.1, 0.15) is 10.7 Å². The second-order valence-corrected chi connectivity index (χ2v) is 9.19. The van der Waals surface area contributed by atoms with Crippen molar-refractivity contribution in [1.82, 2.24) is 14.9 Å². The normalized spacial score (nSPS) is 20.2. The fraction of sp³-hybridized carbons (Fsp3) is 0.611. The number of hydrogen-bond donors (Lipinski definition) is 1. The fourth-order valence-electron chi connectivity index (χ4n) is 3.75. The number of thioether (sulfide) groups is 1. The number of aryl methyl sites for hydroxylation is 1. The van der Waals surface area contributed by atoms with Crippen molar-refractivity contribution < 1.29 is 4.79 Å². The number of nitrogens with one attached hydrogen (secondary N) is 1. The summed E-state index contributed by atoms with van der Waals surface area (Å²) in [5, 5.41) is 0.800. The van der Waals surface area contributed by atoms with Crippen LogP contribution in [-0.2, 0) is 23.4 Å². The lowest BCUT2D eigenvalue weighted by molar-refractivity contribution is -0.127. The van der Waals surface area contributed by atoms with Gasteiger partial charge in [0.2, 0.25) is 5.91 Å². The Balaban J connectivity index is 1.47. The number of fused-ring (bicyclic) bond motifs is 3. The minimum atomic E-state index is -0.0153. The van der Waals surface area contributed by atoms with Gasteiger partial charge in [-0.1, -0.05) is 6.92 Å². The molecule has 1 aliphatic heterocycles. The summed E-state index contributed by atoms with van der Waals surface area (Å²) in [6.07, 6.45) is 5.42. The topological polar surface area (TPSA) is 66.1 Å². The molecule has 1 atom stereocenters. The first-order chi connectivity index (χ1) is 12.1.